The molecular formula is C23H21N3O4S. The fourth-order valence-electron chi connectivity index (χ4n) is 3.51. The Labute approximate surface area is 182 Å². The second kappa shape index (κ2) is 8.23. The maximum Gasteiger partial charge on any atom is 0.336 e. The van der Waals surface area contributed by atoms with Gasteiger partial charge in [0.05, 0.1) is 24.0 Å². The summed E-state index contributed by atoms with van der Waals surface area (Å²) in [5, 5.41) is 4.52. The largest absolute Gasteiger partial charge is 0.495 e. The minimum Gasteiger partial charge on any atom is -0.495 e. The number of hydrogen-bond acceptors (Lipinski definition) is 5. The molecule has 2 heterocycles. The number of anilines is 1. The summed E-state index contributed by atoms with van der Waals surface area (Å²) in [6, 6.07) is 14.2. The lowest BCUT2D eigenvalue weighted by molar-refractivity contribution is -0.116. The van der Waals surface area contributed by atoms with Crippen LogP contribution >= 0.6 is 11.3 Å². The standard InChI is InChI=1S/C23H21N3O4S/c1-14-7-6-9-17(15(14)2)26-22(28)21-18(11-12-31-21)25(23(26)29)13-20(27)24-16-8-4-5-10-19(16)30-3/h4-12H,13H2,1-3H3,(H,24,27). The highest BCUT2D eigenvalue weighted by Gasteiger charge is 2.19. The van der Waals surface area contributed by atoms with E-state index in [4.69, 9.17) is 4.74 Å². The van der Waals surface area contributed by atoms with Gasteiger partial charge in [0.2, 0.25) is 5.91 Å². The van der Waals surface area contributed by atoms with E-state index >= 15 is 0 Å². The third kappa shape index (κ3) is 3.66. The fourth-order valence-corrected chi connectivity index (χ4v) is 4.34. The second-order valence-electron chi connectivity index (χ2n) is 7.11. The van der Waals surface area contributed by atoms with E-state index < -0.39 is 11.6 Å². The summed E-state index contributed by atoms with van der Waals surface area (Å²) in [5.41, 5.74) is 2.33. The molecule has 0 aliphatic carbocycles. The molecule has 0 fully saturated rings. The topological polar surface area (TPSA) is 82.3 Å². The Morgan fingerprint density at radius 2 is 1.84 bits per heavy atom. The highest BCUT2D eigenvalue weighted by atomic mass is 32.1. The second-order valence-corrected chi connectivity index (χ2v) is 8.03. The van der Waals surface area contributed by atoms with Gasteiger partial charge in [-0.1, -0.05) is 24.3 Å². The Morgan fingerprint density at radius 1 is 1.06 bits per heavy atom. The predicted octanol–water partition coefficient (Wildman–Crippen LogP) is 3.48. The number of rotatable bonds is 5. The first-order valence-electron chi connectivity index (χ1n) is 9.65. The molecule has 0 aliphatic heterocycles. The Hall–Kier alpha value is -3.65. The predicted molar refractivity (Wildman–Crippen MR) is 123 cm³/mol. The van der Waals surface area contributed by atoms with Gasteiger partial charge in [0.15, 0.2) is 0 Å². The van der Waals surface area contributed by atoms with Crippen LogP contribution in [0.25, 0.3) is 15.9 Å². The van der Waals surface area contributed by atoms with Crippen LogP contribution in [0.2, 0.25) is 0 Å². The van der Waals surface area contributed by atoms with Crippen molar-refractivity contribution < 1.29 is 9.53 Å². The number of amides is 1. The van der Waals surface area contributed by atoms with Gasteiger partial charge in [0, 0.05) is 0 Å². The third-order valence-electron chi connectivity index (χ3n) is 5.25. The number of aromatic nitrogens is 2. The molecule has 2 aromatic heterocycles. The lowest BCUT2D eigenvalue weighted by Gasteiger charge is -2.15. The fraction of sp³-hybridized carbons (Fsp3) is 0.174. The number of carbonyl (C=O) groups excluding carboxylic acids is 1. The number of benzene rings is 2. The van der Waals surface area contributed by atoms with Gasteiger partial charge in [0.25, 0.3) is 5.56 Å². The number of aryl methyl sites for hydroxylation is 1. The smallest absolute Gasteiger partial charge is 0.336 e. The molecular weight excluding hydrogens is 414 g/mol. The zero-order chi connectivity index (χ0) is 22.1. The van der Waals surface area contributed by atoms with Crippen LogP contribution in [-0.4, -0.2) is 22.2 Å². The van der Waals surface area contributed by atoms with Crippen LogP contribution in [-0.2, 0) is 11.3 Å². The van der Waals surface area contributed by atoms with Gasteiger partial charge in [-0.2, -0.15) is 0 Å². The van der Waals surface area contributed by atoms with E-state index in [0.717, 1.165) is 15.7 Å². The maximum atomic E-state index is 13.4. The van der Waals surface area contributed by atoms with Gasteiger partial charge < -0.3 is 10.1 Å². The molecule has 4 aromatic rings. The quantitative estimate of drug-likeness (QED) is 0.520. The summed E-state index contributed by atoms with van der Waals surface area (Å²) in [6.07, 6.45) is 0. The van der Waals surface area contributed by atoms with Gasteiger partial charge in [-0.15, -0.1) is 11.3 Å². The number of para-hydroxylation sites is 2. The molecule has 0 radical (unpaired) electrons. The average molecular weight is 436 g/mol. The molecule has 1 amide bonds. The van der Waals surface area contributed by atoms with Gasteiger partial charge in [-0.05, 0) is 54.6 Å². The molecule has 0 spiro atoms. The van der Waals surface area contributed by atoms with Gasteiger partial charge in [-0.25, -0.2) is 9.36 Å². The summed E-state index contributed by atoms with van der Waals surface area (Å²) < 4.78 is 8.17. The van der Waals surface area contributed by atoms with Gasteiger partial charge >= 0.3 is 5.69 Å². The first kappa shape index (κ1) is 20.6. The van der Waals surface area contributed by atoms with E-state index in [0.29, 0.717) is 27.3 Å². The van der Waals surface area contributed by atoms with Crippen molar-refractivity contribution in [2.75, 3.05) is 12.4 Å². The zero-order valence-electron chi connectivity index (χ0n) is 17.3. The van der Waals surface area contributed by atoms with Crippen molar-refractivity contribution in [2.24, 2.45) is 0 Å². The number of carbonyl (C=O) groups is 1. The van der Waals surface area contributed by atoms with Gasteiger partial charge in [0.1, 0.15) is 17.0 Å². The number of methoxy groups -OCH3 is 1. The molecule has 31 heavy (non-hydrogen) atoms. The van der Waals surface area contributed by atoms with Crippen molar-refractivity contribution >= 4 is 33.1 Å². The first-order chi connectivity index (χ1) is 14.9. The zero-order valence-corrected chi connectivity index (χ0v) is 18.2. The van der Waals surface area contributed by atoms with Crippen LogP contribution in [0.5, 0.6) is 5.75 Å². The van der Waals surface area contributed by atoms with Crippen molar-refractivity contribution in [2.45, 2.75) is 20.4 Å². The highest BCUT2D eigenvalue weighted by Crippen LogP contribution is 2.23. The Kier molecular flexibility index (Phi) is 5.48. The summed E-state index contributed by atoms with van der Waals surface area (Å²) >= 11 is 1.25. The van der Waals surface area contributed by atoms with Crippen molar-refractivity contribution in [3.63, 3.8) is 0 Å². The Balaban J connectivity index is 1.82. The molecule has 0 saturated heterocycles. The van der Waals surface area contributed by atoms with Crippen molar-refractivity contribution in [1.29, 1.82) is 0 Å². The average Bonchev–Trinajstić information content (AvgIpc) is 3.25. The van der Waals surface area contributed by atoms with Crippen LogP contribution in [0, 0.1) is 13.8 Å². The number of fused-ring (bicyclic) bond motifs is 1. The van der Waals surface area contributed by atoms with Crippen LogP contribution < -0.4 is 21.3 Å². The SMILES string of the molecule is COc1ccccc1NC(=O)Cn1c(=O)n(-c2cccc(C)c2C)c(=O)c2sccc21. The molecule has 4 rings (SSSR count). The van der Waals surface area contributed by atoms with E-state index in [2.05, 4.69) is 5.32 Å². The molecule has 0 saturated carbocycles. The molecule has 0 atom stereocenters. The van der Waals surface area contributed by atoms with Crippen LogP contribution in [0.4, 0.5) is 5.69 Å². The highest BCUT2D eigenvalue weighted by molar-refractivity contribution is 7.17. The van der Waals surface area contributed by atoms with Crippen molar-refractivity contribution in [3.05, 3.63) is 85.9 Å². The molecule has 0 bridgehead atoms. The molecule has 2 aromatic carbocycles. The van der Waals surface area contributed by atoms with E-state index in [1.807, 2.05) is 19.9 Å². The van der Waals surface area contributed by atoms with E-state index in [1.165, 1.54) is 23.0 Å². The molecule has 1 N–H and O–H groups in total. The van der Waals surface area contributed by atoms with Gasteiger partial charge in [-0.3, -0.25) is 14.2 Å². The van der Waals surface area contributed by atoms with Crippen LogP contribution in [0.3, 0.4) is 0 Å². The number of nitrogens with zero attached hydrogens (tertiary/aromatic N) is 2. The normalized spacial score (nSPS) is 10.9. The summed E-state index contributed by atoms with van der Waals surface area (Å²) in [7, 11) is 1.52. The van der Waals surface area contributed by atoms with Crippen molar-refractivity contribution in [3.8, 4) is 11.4 Å². The van der Waals surface area contributed by atoms with Crippen LogP contribution in [0.15, 0.2) is 63.5 Å². The summed E-state index contributed by atoms with van der Waals surface area (Å²) in [6.45, 7) is 3.55. The minimum absolute atomic E-state index is 0.241. The first-order valence-corrected chi connectivity index (χ1v) is 10.5. The number of hydrogen-bond donors (Lipinski definition) is 1. The van der Waals surface area contributed by atoms with E-state index in [-0.39, 0.29) is 12.1 Å². The molecule has 0 aliphatic rings. The number of nitrogens with one attached hydrogen (secondary N) is 1. The minimum atomic E-state index is -0.556. The Morgan fingerprint density at radius 3 is 2.61 bits per heavy atom. The molecule has 0 unspecified atom stereocenters. The van der Waals surface area contributed by atoms with Crippen LogP contribution in [0.1, 0.15) is 11.1 Å². The monoisotopic (exact) mass is 435 g/mol. The van der Waals surface area contributed by atoms with E-state index in [1.54, 1.807) is 47.8 Å². The summed E-state index contributed by atoms with van der Waals surface area (Å²) in [5.74, 6) is 0.120. The summed E-state index contributed by atoms with van der Waals surface area (Å²) in [4.78, 5) is 39.3. The van der Waals surface area contributed by atoms with E-state index in [9.17, 15) is 14.4 Å². The third-order valence-corrected chi connectivity index (χ3v) is 6.15. The Bertz CT molecular complexity index is 1410. The number of thiophene rings is 1. The number of ether oxygens (including phenoxy) is 1. The maximum absolute atomic E-state index is 13.4. The van der Waals surface area contributed by atoms with Crippen molar-refractivity contribution in [1.82, 2.24) is 9.13 Å². The molecule has 7 nitrogen and oxygen atoms in total. The molecule has 158 valence electrons. The lowest BCUT2D eigenvalue weighted by Crippen LogP contribution is -2.40. The molecule has 8 heteroatoms. The lowest BCUT2D eigenvalue weighted by atomic mass is 10.1.